The minimum Gasteiger partial charge on any atom is -0.341 e. The van der Waals surface area contributed by atoms with Gasteiger partial charge in [0.25, 0.3) is 0 Å². The molecular formula is C24H23F3N4S. The standard InChI is InChI=1S/C24H23F3N4S/c1-14-12-17(16(3)31(14)20-10-5-4-8-18(20)24(25,26)27)22-21(19-9-6-7-11-28-19)29-23-30(22)13-15(2)32-23/h4-12,15,21-22H,13H2,1-3H3/t15-,21-,22-/m1/s1. The number of nitrogens with zero attached hydrogens (tertiary/aromatic N) is 4. The van der Waals surface area contributed by atoms with Crippen LogP contribution in [0.2, 0.25) is 0 Å². The second kappa shape index (κ2) is 7.69. The third-order valence-electron chi connectivity index (χ3n) is 6.12. The molecule has 0 unspecified atom stereocenters. The van der Waals surface area contributed by atoms with Crippen LogP contribution in [0.1, 0.15) is 47.2 Å². The number of fused-ring (bicyclic) bond motifs is 1. The summed E-state index contributed by atoms with van der Waals surface area (Å²) in [5.74, 6) is 0. The molecule has 4 heterocycles. The maximum atomic E-state index is 13.8. The Morgan fingerprint density at radius 3 is 2.53 bits per heavy atom. The van der Waals surface area contributed by atoms with Gasteiger partial charge >= 0.3 is 6.18 Å². The third kappa shape index (κ3) is 3.41. The van der Waals surface area contributed by atoms with Gasteiger partial charge in [-0.15, -0.1) is 0 Å². The lowest BCUT2D eigenvalue weighted by Gasteiger charge is -2.27. The van der Waals surface area contributed by atoms with Crippen LogP contribution in [0.3, 0.4) is 0 Å². The Hall–Kier alpha value is -2.74. The second-order valence-corrected chi connectivity index (χ2v) is 9.72. The number of hydrogen-bond donors (Lipinski definition) is 0. The molecule has 166 valence electrons. The highest BCUT2D eigenvalue weighted by atomic mass is 32.2. The smallest absolute Gasteiger partial charge is 0.341 e. The van der Waals surface area contributed by atoms with Gasteiger partial charge in [0.2, 0.25) is 0 Å². The normalized spacial score (nSPS) is 22.9. The fraction of sp³-hybridized carbons (Fsp3) is 0.333. The lowest BCUT2D eigenvalue weighted by atomic mass is 9.96. The van der Waals surface area contributed by atoms with Crippen molar-refractivity contribution in [3.63, 3.8) is 0 Å². The maximum absolute atomic E-state index is 13.8. The highest BCUT2D eigenvalue weighted by Gasteiger charge is 2.45. The van der Waals surface area contributed by atoms with Gasteiger partial charge in [0.1, 0.15) is 6.04 Å². The Kier molecular flexibility index (Phi) is 5.08. The van der Waals surface area contributed by atoms with Crippen molar-refractivity contribution >= 4 is 16.9 Å². The van der Waals surface area contributed by atoms with Crippen LogP contribution in [0.15, 0.2) is 59.7 Å². The van der Waals surface area contributed by atoms with E-state index in [1.54, 1.807) is 28.6 Å². The molecule has 3 atom stereocenters. The van der Waals surface area contributed by atoms with E-state index in [0.29, 0.717) is 5.25 Å². The lowest BCUT2D eigenvalue weighted by Crippen LogP contribution is -2.29. The number of aromatic nitrogens is 2. The predicted octanol–water partition coefficient (Wildman–Crippen LogP) is 6.10. The molecule has 2 aromatic heterocycles. The molecule has 0 N–H and O–H groups in total. The van der Waals surface area contributed by atoms with Gasteiger partial charge in [-0.25, -0.2) is 0 Å². The fourth-order valence-corrected chi connectivity index (χ4v) is 5.91. The summed E-state index contributed by atoms with van der Waals surface area (Å²) in [5.41, 5.74) is 2.94. The highest BCUT2D eigenvalue weighted by Crippen LogP contribution is 2.49. The van der Waals surface area contributed by atoms with Crippen LogP contribution >= 0.6 is 11.8 Å². The second-order valence-electron chi connectivity index (χ2n) is 8.31. The molecule has 1 aromatic carbocycles. The number of halogens is 3. The number of alkyl halides is 3. The molecule has 1 saturated heterocycles. The average molecular weight is 457 g/mol. The van der Waals surface area contributed by atoms with E-state index in [4.69, 9.17) is 4.99 Å². The van der Waals surface area contributed by atoms with Gasteiger partial charge in [-0.2, -0.15) is 13.2 Å². The zero-order valence-corrected chi connectivity index (χ0v) is 18.8. The minimum atomic E-state index is -4.43. The quantitative estimate of drug-likeness (QED) is 0.478. The molecule has 4 nitrogen and oxygen atoms in total. The summed E-state index contributed by atoms with van der Waals surface area (Å²) in [4.78, 5) is 11.8. The molecule has 0 bridgehead atoms. The van der Waals surface area contributed by atoms with Crippen molar-refractivity contribution in [1.82, 2.24) is 14.5 Å². The monoisotopic (exact) mass is 456 g/mol. The van der Waals surface area contributed by atoms with Crippen molar-refractivity contribution < 1.29 is 13.2 Å². The Morgan fingerprint density at radius 1 is 1.06 bits per heavy atom. The number of aryl methyl sites for hydroxylation is 1. The summed E-state index contributed by atoms with van der Waals surface area (Å²) in [5, 5.41) is 1.40. The predicted molar refractivity (Wildman–Crippen MR) is 121 cm³/mol. The van der Waals surface area contributed by atoms with Crippen molar-refractivity contribution in [2.24, 2.45) is 4.99 Å². The summed E-state index contributed by atoms with van der Waals surface area (Å²) < 4.78 is 43.0. The van der Waals surface area contributed by atoms with Crippen LogP contribution in [0, 0.1) is 13.8 Å². The van der Waals surface area contributed by atoms with E-state index in [0.717, 1.165) is 40.4 Å². The molecule has 0 radical (unpaired) electrons. The zero-order chi connectivity index (χ0) is 22.6. The molecule has 2 aliphatic rings. The molecule has 2 aliphatic heterocycles. The van der Waals surface area contributed by atoms with Crippen molar-refractivity contribution in [2.75, 3.05) is 6.54 Å². The summed E-state index contributed by atoms with van der Waals surface area (Å²) in [6.45, 7) is 6.77. The van der Waals surface area contributed by atoms with E-state index in [2.05, 4.69) is 16.8 Å². The first kappa shape index (κ1) is 21.1. The summed E-state index contributed by atoms with van der Waals surface area (Å²) in [6.07, 6.45) is -2.67. The molecule has 1 fully saturated rings. The van der Waals surface area contributed by atoms with E-state index in [-0.39, 0.29) is 17.8 Å². The number of pyridine rings is 1. The first-order valence-corrected chi connectivity index (χ1v) is 11.4. The number of rotatable bonds is 3. The van der Waals surface area contributed by atoms with Gasteiger partial charge in [-0.1, -0.05) is 36.9 Å². The van der Waals surface area contributed by atoms with Gasteiger partial charge in [0.15, 0.2) is 5.17 Å². The number of para-hydroxylation sites is 1. The number of amidine groups is 1. The van der Waals surface area contributed by atoms with Crippen molar-refractivity contribution in [3.05, 3.63) is 82.9 Å². The largest absolute Gasteiger partial charge is 0.418 e. The molecule has 0 amide bonds. The van der Waals surface area contributed by atoms with Crippen LogP contribution in [0.4, 0.5) is 13.2 Å². The van der Waals surface area contributed by atoms with Gasteiger partial charge in [-0.05, 0) is 49.7 Å². The Balaban J connectivity index is 1.65. The molecule has 0 saturated carbocycles. The van der Waals surface area contributed by atoms with Gasteiger partial charge in [-0.3, -0.25) is 9.98 Å². The highest BCUT2D eigenvalue weighted by molar-refractivity contribution is 8.14. The first-order chi connectivity index (χ1) is 15.3. The molecule has 5 rings (SSSR count). The third-order valence-corrected chi connectivity index (χ3v) is 7.22. The Labute approximate surface area is 189 Å². The van der Waals surface area contributed by atoms with Crippen LogP contribution in [-0.4, -0.2) is 31.4 Å². The summed E-state index contributed by atoms with van der Waals surface area (Å²) in [6, 6.07) is 13.3. The van der Waals surface area contributed by atoms with Crippen molar-refractivity contribution in [3.8, 4) is 5.69 Å². The van der Waals surface area contributed by atoms with Crippen LogP contribution in [0.5, 0.6) is 0 Å². The number of aliphatic imine (C=N–C) groups is 1. The molecule has 8 heteroatoms. The number of benzene rings is 1. The van der Waals surface area contributed by atoms with E-state index in [9.17, 15) is 13.2 Å². The molecule has 0 aliphatic carbocycles. The van der Waals surface area contributed by atoms with Crippen molar-refractivity contribution in [1.29, 1.82) is 0 Å². The molecule has 0 spiro atoms. The summed E-state index contributed by atoms with van der Waals surface area (Å²) in [7, 11) is 0. The fourth-order valence-electron chi connectivity index (χ4n) is 4.82. The lowest BCUT2D eigenvalue weighted by molar-refractivity contribution is -0.137. The van der Waals surface area contributed by atoms with Gasteiger partial charge in [0.05, 0.1) is 23.0 Å². The first-order valence-electron chi connectivity index (χ1n) is 10.5. The van der Waals surface area contributed by atoms with E-state index in [1.165, 1.54) is 12.1 Å². The molecular weight excluding hydrogens is 433 g/mol. The van der Waals surface area contributed by atoms with Crippen molar-refractivity contribution in [2.45, 2.75) is 44.3 Å². The number of thioether (sulfide) groups is 1. The SMILES string of the molecule is Cc1cc([C@@H]2[C@@H](c3ccccn3)N=C3S[C@H](C)CN32)c(C)n1-c1ccccc1C(F)(F)F. The minimum absolute atomic E-state index is 0.102. The van der Waals surface area contributed by atoms with Crippen LogP contribution in [-0.2, 0) is 6.18 Å². The molecule has 3 aromatic rings. The van der Waals surface area contributed by atoms with Crippen LogP contribution < -0.4 is 0 Å². The Morgan fingerprint density at radius 2 is 1.81 bits per heavy atom. The van der Waals surface area contributed by atoms with Gasteiger partial charge < -0.3 is 9.47 Å². The Bertz CT molecular complexity index is 1190. The average Bonchev–Trinajstić information content (AvgIpc) is 3.37. The van der Waals surface area contributed by atoms with E-state index < -0.39 is 11.7 Å². The topological polar surface area (TPSA) is 33.4 Å². The molecule has 32 heavy (non-hydrogen) atoms. The summed E-state index contributed by atoms with van der Waals surface area (Å²) >= 11 is 1.74. The van der Waals surface area contributed by atoms with E-state index >= 15 is 0 Å². The zero-order valence-electron chi connectivity index (χ0n) is 18.0. The van der Waals surface area contributed by atoms with Crippen LogP contribution in [0.25, 0.3) is 5.69 Å². The van der Waals surface area contributed by atoms with Gasteiger partial charge in [0, 0.05) is 29.4 Å². The van der Waals surface area contributed by atoms with E-state index in [1.807, 2.05) is 38.1 Å². The maximum Gasteiger partial charge on any atom is 0.418 e. The number of hydrogen-bond acceptors (Lipinski definition) is 4.